The van der Waals surface area contributed by atoms with Crippen molar-refractivity contribution in [3.63, 3.8) is 0 Å². The molecule has 3 N–H and O–H groups in total. The molecule has 0 atom stereocenters. The predicted octanol–water partition coefficient (Wildman–Crippen LogP) is 4.99. The average molecular weight is 569 g/mol. The van der Waals surface area contributed by atoms with Crippen LogP contribution in [0.4, 0.5) is 19.3 Å². The van der Waals surface area contributed by atoms with Gasteiger partial charge in [-0.3, -0.25) is 5.32 Å². The van der Waals surface area contributed by atoms with Gasteiger partial charge in [0.2, 0.25) is 0 Å². The highest BCUT2D eigenvalue weighted by Crippen LogP contribution is 2.24. The lowest BCUT2D eigenvalue weighted by Gasteiger charge is -2.15. The van der Waals surface area contributed by atoms with Crippen LogP contribution in [-0.4, -0.2) is 32.3 Å². The number of anilines is 1. The minimum atomic E-state index is -2.93. The van der Waals surface area contributed by atoms with Crippen molar-refractivity contribution < 1.29 is 23.0 Å². The highest BCUT2D eigenvalue weighted by Gasteiger charge is 2.11. The zero-order valence-corrected chi connectivity index (χ0v) is 20.0. The number of nitrogens with one attached hydrogen (secondary N) is 3. The van der Waals surface area contributed by atoms with E-state index in [1.54, 1.807) is 18.2 Å². The Kier molecular flexibility index (Phi) is 11.9. The molecule has 0 unspecified atom stereocenters. The van der Waals surface area contributed by atoms with E-state index in [1.165, 1.54) is 19.2 Å². The maximum absolute atomic E-state index is 12.6. The van der Waals surface area contributed by atoms with Gasteiger partial charge in [0, 0.05) is 29.4 Å². The van der Waals surface area contributed by atoms with Gasteiger partial charge in [-0.1, -0.05) is 23.7 Å². The molecule has 0 spiro atoms. The Morgan fingerprint density at radius 2 is 1.87 bits per heavy atom. The van der Waals surface area contributed by atoms with Crippen LogP contribution in [0.2, 0.25) is 5.02 Å². The van der Waals surface area contributed by atoms with Gasteiger partial charge in [0.1, 0.15) is 5.75 Å². The lowest BCUT2D eigenvalue weighted by atomic mass is 10.2. The second-order valence-electron chi connectivity index (χ2n) is 5.99. The second kappa shape index (κ2) is 13.9. The number of nitrogens with zero attached hydrogens (tertiary/aromatic N) is 1. The van der Waals surface area contributed by atoms with E-state index in [0.717, 1.165) is 5.56 Å². The minimum Gasteiger partial charge on any atom is -0.453 e. The molecule has 170 valence electrons. The molecular formula is C20H24ClF2IN4O3. The third-order valence-corrected chi connectivity index (χ3v) is 4.07. The van der Waals surface area contributed by atoms with Gasteiger partial charge in [-0.05, 0) is 42.8 Å². The first-order valence-corrected chi connectivity index (χ1v) is 9.48. The summed E-state index contributed by atoms with van der Waals surface area (Å²) in [6.07, 6.45) is -0.546. The van der Waals surface area contributed by atoms with Crippen molar-refractivity contribution in [3.8, 4) is 5.75 Å². The molecule has 0 bridgehead atoms. The smallest absolute Gasteiger partial charge is 0.411 e. The number of amides is 1. The Labute approximate surface area is 201 Å². The summed E-state index contributed by atoms with van der Waals surface area (Å²) in [4.78, 5) is 15.7. The molecule has 7 nitrogen and oxygen atoms in total. The minimum absolute atomic E-state index is 0. The van der Waals surface area contributed by atoms with Crippen LogP contribution >= 0.6 is 35.6 Å². The topological polar surface area (TPSA) is 84.0 Å². The van der Waals surface area contributed by atoms with Crippen LogP contribution in [0.25, 0.3) is 0 Å². The van der Waals surface area contributed by atoms with E-state index in [4.69, 9.17) is 11.6 Å². The number of hydrogen-bond donors (Lipinski definition) is 3. The summed E-state index contributed by atoms with van der Waals surface area (Å²) in [5, 5.41) is 9.14. The first kappa shape index (κ1) is 26.7. The summed E-state index contributed by atoms with van der Waals surface area (Å²) < 4.78 is 34.3. The van der Waals surface area contributed by atoms with Gasteiger partial charge in [-0.2, -0.15) is 8.78 Å². The fraction of sp³-hybridized carbons (Fsp3) is 0.300. The second-order valence-corrected chi connectivity index (χ2v) is 6.43. The van der Waals surface area contributed by atoms with E-state index < -0.39 is 12.7 Å². The largest absolute Gasteiger partial charge is 0.453 e. The molecule has 0 aliphatic rings. The number of rotatable bonds is 8. The highest BCUT2D eigenvalue weighted by atomic mass is 127. The number of hydrogen-bond acceptors (Lipinski definition) is 4. The van der Waals surface area contributed by atoms with Crippen molar-refractivity contribution in [2.45, 2.75) is 26.6 Å². The first-order valence-electron chi connectivity index (χ1n) is 9.10. The summed E-state index contributed by atoms with van der Waals surface area (Å²) in [5.41, 5.74) is 1.99. The third-order valence-electron chi connectivity index (χ3n) is 3.83. The molecule has 0 fully saturated rings. The summed E-state index contributed by atoms with van der Waals surface area (Å²) >= 11 is 5.97. The van der Waals surface area contributed by atoms with Gasteiger partial charge >= 0.3 is 12.7 Å². The molecule has 0 aliphatic carbocycles. The molecule has 0 aliphatic heterocycles. The Bertz CT molecular complexity index is 870. The maximum atomic E-state index is 12.6. The van der Waals surface area contributed by atoms with Crippen LogP contribution in [0.3, 0.4) is 0 Å². The molecule has 11 heteroatoms. The van der Waals surface area contributed by atoms with E-state index in [0.29, 0.717) is 35.3 Å². The molecule has 0 heterocycles. The number of ether oxygens (including phenoxy) is 2. The lowest BCUT2D eigenvalue weighted by molar-refractivity contribution is -0.0504. The number of benzene rings is 2. The number of carbonyl (C=O) groups is 1. The van der Waals surface area contributed by atoms with Crippen molar-refractivity contribution >= 4 is 53.3 Å². The molecule has 0 saturated carbocycles. The van der Waals surface area contributed by atoms with Crippen LogP contribution < -0.4 is 20.7 Å². The zero-order valence-electron chi connectivity index (χ0n) is 17.0. The van der Waals surface area contributed by atoms with Crippen molar-refractivity contribution in [1.82, 2.24) is 10.6 Å². The summed E-state index contributed by atoms with van der Waals surface area (Å²) in [5.74, 6) is 0.545. The van der Waals surface area contributed by atoms with Crippen molar-refractivity contribution in [2.75, 3.05) is 19.0 Å². The Morgan fingerprint density at radius 3 is 2.48 bits per heavy atom. The molecule has 2 rings (SSSR count). The monoisotopic (exact) mass is 568 g/mol. The molecule has 31 heavy (non-hydrogen) atoms. The van der Waals surface area contributed by atoms with Gasteiger partial charge in [0.15, 0.2) is 5.96 Å². The molecule has 1 amide bonds. The Hall–Kier alpha value is -2.34. The Morgan fingerprint density at radius 1 is 1.16 bits per heavy atom. The van der Waals surface area contributed by atoms with Gasteiger partial charge in [-0.15, -0.1) is 24.0 Å². The Balaban J connectivity index is 0.00000480. The quantitative estimate of drug-likeness (QED) is 0.237. The number of methoxy groups -OCH3 is 1. The number of aliphatic imine (C=N–C) groups is 1. The lowest BCUT2D eigenvalue weighted by Crippen LogP contribution is -2.36. The molecule has 0 aromatic heterocycles. The zero-order chi connectivity index (χ0) is 21.9. The van der Waals surface area contributed by atoms with Crippen LogP contribution in [0.1, 0.15) is 18.1 Å². The normalized spacial score (nSPS) is 10.8. The van der Waals surface area contributed by atoms with Gasteiger partial charge < -0.3 is 20.1 Å². The van der Waals surface area contributed by atoms with E-state index in [2.05, 4.69) is 30.4 Å². The van der Waals surface area contributed by atoms with Crippen molar-refractivity contribution in [3.05, 3.63) is 58.6 Å². The molecule has 0 radical (unpaired) electrons. The summed E-state index contributed by atoms with van der Waals surface area (Å²) in [6, 6.07) is 11.6. The van der Waals surface area contributed by atoms with Crippen LogP contribution in [-0.2, 0) is 17.8 Å². The van der Waals surface area contributed by atoms with Gasteiger partial charge in [0.05, 0.1) is 13.7 Å². The number of halogens is 4. The SMILES string of the molecule is CCNC(=NCc1ccc(NC(=O)OC)cc1)NCc1cc(Cl)ccc1OC(F)F.I. The first-order chi connectivity index (χ1) is 14.4. The molecule has 0 saturated heterocycles. The van der Waals surface area contributed by atoms with E-state index in [1.807, 2.05) is 19.1 Å². The number of guanidine groups is 1. The highest BCUT2D eigenvalue weighted by molar-refractivity contribution is 14.0. The van der Waals surface area contributed by atoms with Crippen LogP contribution in [0.5, 0.6) is 5.75 Å². The van der Waals surface area contributed by atoms with Crippen LogP contribution in [0.15, 0.2) is 47.5 Å². The summed E-state index contributed by atoms with van der Waals surface area (Å²) in [6.45, 7) is 0.155. The molecule has 2 aromatic rings. The van der Waals surface area contributed by atoms with Crippen molar-refractivity contribution in [1.29, 1.82) is 0 Å². The van der Waals surface area contributed by atoms with E-state index in [-0.39, 0.29) is 36.3 Å². The third kappa shape index (κ3) is 9.55. The van der Waals surface area contributed by atoms with Gasteiger partial charge in [0.25, 0.3) is 0 Å². The fourth-order valence-electron chi connectivity index (χ4n) is 2.45. The molecule has 2 aromatic carbocycles. The number of alkyl halides is 2. The number of carbonyl (C=O) groups excluding carboxylic acids is 1. The molecular weight excluding hydrogens is 545 g/mol. The van der Waals surface area contributed by atoms with E-state index in [9.17, 15) is 13.6 Å². The summed E-state index contributed by atoms with van der Waals surface area (Å²) in [7, 11) is 1.29. The predicted molar refractivity (Wildman–Crippen MR) is 128 cm³/mol. The van der Waals surface area contributed by atoms with Crippen molar-refractivity contribution in [2.24, 2.45) is 4.99 Å². The maximum Gasteiger partial charge on any atom is 0.411 e. The van der Waals surface area contributed by atoms with E-state index >= 15 is 0 Å². The average Bonchev–Trinajstić information content (AvgIpc) is 2.72. The standard InChI is InChI=1S/C20H23ClF2N4O3.HI/c1-3-24-19(25-11-13-4-7-16(8-5-13)27-20(28)29-2)26-12-14-10-15(21)6-9-17(14)30-18(22)23;/h4-10,18H,3,11-12H2,1-2H3,(H,27,28)(H2,24,25,26);1H. The fourth-order valence-corrected chi connectivity index (χ4v) is 2.65. The van der Waals surface area contributed by atoms with Crippen LogP contribution in [0, 0.1) is 0 Å². The van der Waals surface area contributed by atoms with Gasteiger partial charge in [-0.25, -0.2) is 9.79 Å².